The molecule has 1 N–H and O–H groups in total. The number of para-hydroxylation sites is 1. The molecule has 1 amide bonds. The van der Waals surface area contributed by atoms with E-state index in [9.17, 15) is 4.79 Å². The molecule has 7 heteroatoms. The van der Waals surface area contributed by atoms with Crippen LogP contribution in [0.25, 0.3) is 11.0 Å². The Balaban J connectivity index is 1.71. The smallest absolute Gasteiger partial charge is 0.265 e. The number of anilines is 1. The highest BCUT2D eigenvalue weighted by Crippen LogP contribution is 2.21. The normalized spacial score (nSPS) is 10.8. The number of amides is 1. The van der Waals surface area contributed by atoms with Crippen molar-refractivity contribution in [2.45, 2.75) is 20.3 Å². The van der Waals surface area contributed by atoms with Crippen molar-refractivity contribution < 1.29 is 9.63 Å². The molecule has 1 heterocycles. The molecule has 0 aliphatic rings. The van der Waals surface area contributed by atoms with Crippen LogP contribution in [0.2, 0.25) is 5.02 Å². The molecule has 3 aromatic rings. The van der Waals surface area contributed by atoms with Crippen LogP contribution in [0.1, 0.15) is 18.1 Å². The summed E-state index contributed by atoms with van der Waals surface area (Å²) in [7, 11) is 0. The fourth-order valence-corrected chi connectivity index (χ4v) is 2.63. The number of halogens is 1. The molecule has 124 valence electrons. The van der Waals surface area contributed by atoms with Gasteiger partial charge in [0, 0.05) is 10.7 Å². The Morgan fingerprint density at radius 1 is 1.33 bits per heavy atom. The fraction of sp³-hybridized carbons (Fsp3) is 0.235. The molecule has 0 atom stereocenters. The molecule has 0 aliphatic carbocycles. The van der Waals surface area contributed by atoms with E-state index in [1.54, 1.807) is 18.2 Å². The molecule has 0 spiro atoms. The van der Waals surface area contributed by atoms with Crippen LogP contribution >= 0.6 is 11.6 Å². The predicted octanol–water partition coefficient (Wildman–Crippen LogP) is 3.02. The summed E-state index contributed by atoms with van der Waals surface area (Å²) in [6, 6.07) is 11.1. The molecule has 24 heavy (non-hydrogen) atoms. The number of fused-ring (bicyclic) bond motifs is 1. The van der Waals surface area contributed by atoms with Gasteiger partial charge in [0.2, 0.25) is 0 Å². The van der Waals surface area contributed by atoms with Gasteiger partial charge in [-0.15, -0.1) is 5.10 Å². The van der Waals surface area contributed by atoms with Crippen LogP contribution in [0.4, 0.5) is 5.69 Å². The van der Waals surface area contributed by atoms with E-state index in [1.165, 1.54) is 4.85 Å². The zero-order valence-electron chi connectivity index (χ0n) is 13.4. The summed E-state index contributed by atoms with van der Waals surface area (Å²) in [5.41, 5.74) is 4.19. The lowest BCUT2D eigenvalue weighted by atomic mass is 10.1. The van der Waals surface area contributed by atoms with Crippen LogP contribution in [0.3, 0.4) is 0 Å². The van der Waals surface area contributed by atoms with Crippen LogP contribution in [0.5, 0.6) is 0 Å². The van der Waals surface area contributed by atoms with E-state index in [0.717, 1.165) is 23.2 Å². The molecular formula is C17H17ClN4O2. The lowest BCUT2D eigenvalue weighted by Gasteiger charge is -2.13. The molecule has 0 fully saturated rings. The Hall–Kier alpha value is -2.60. The highest BCUT2D eigenvalue weighted by molar-refractivity contribution is 6.31. The summed E-state index contributed by atoms with van der Waals surface area (Å²) in [5.74, 6) is -0.260. The number of carbonyl (C=O) groups is 1. The number of aryl methyl sites for hydroxylation is 2. The SMILES string of the molecule is CCc1cccc(C)c1NC(=O)COn1nnc2ccc(Cl)cc21. The molecule has 0 unspecified atom stereocenters. The zero-order chi connectivity index (χ0) is 17.1. The van der Waals surface area contributed by atoms with Gasteiger partial charge >= 0.3 is 0 Å². The Morgan fingerprint density at radius 3 is 2.96 bits per heavy atom. The predicted molar refractivity (Wildman–Crippen MR) is 93.2 cm³/mol. The molecule has 3 rings (SSSR count). The fourth-order valence-electron chi connectivity index (χ4n) is 2.46. The van der Waals surface area contributed by atoms with Crippen LogP contribution in [0.15, 0.2) is 36.4 Å². The minimum Gasteiger partial charge on any atom is -0.385 e. The van der Waals surface area contributed by atoms with E-state index >= 15 is 0 Å². The van der Waals surface area contributed by atoms with Crippen molar-refractivity contribution in [1.29, 1.82) is 0 Å². The van der Waals surface area contributed by atoms with Gasteiger partial charge < -0.3 is 10.2 Å². The number of nitrogens with one attached hydrogen (secondary N) is 1. The molecule has 0 bridgehead atoms. The number of hydrogen-bond donors (Lipinski definition) is 1. The van der Waals surface area contributed by atoms with Gasteiger partial charge in [-0.25, -0.2) is 0 Å². The van der Waals surface area contributed by atoms with Crippen LogP contribution < -0.4 is 10.2 Å². The first-order valence-electron chi connectivity index (χ1n) is 7.61. The molecule has 0 radical (unpaired) electrons. The van der Waals surface area contributed by atoms with E-state index in [1.807, 2.05) is 32.0 Å². The number of rotatable bonds is 5. The number of benzene rings is 2. The van der Waals surface area contributed by atoms with Crippen molar-refractivity contribution >= 4 is 34.2 Å². The summed E-state index contributed by atoms with van der Waals surface area (Å²) in [6.07, 6.45) is 0.838. The summed E-state index contributed by atoms with van der Waals surface area (Å²) < 4.78 is 0. The van der Waals surface area contributed by atoms with Gasteiger partial charge in [-0.2, -0.15) is 0 Å². The van der Waals surface area contributed by atoms with Gasteiger partial charge in [0.05, 0.1) is 0 Å². The topological polar surface area (TPSA) is 69.0 Å². The highest BCUT2D eigenvalue weighted by Gasteiger charge is 2.11. The van der Waals surface area contributed by atoms with Gasteiger partial charge in [-0.3, -0.25) is 4.79 Å². The third kappa shape index (κ3) is 3.33. The van der Waals surface area contributed by atoms with Gasteiger partial charge in [-0.05, 0) is 47.9 Å². The zero-order valence-corrected chi connectivity index (χ0v) is 14.2. The molecule has 0 saturated carbocycles. The summed E-state index contributed by atoms with van der Waals surface area (Å²) in [5, 5.41) is 11.3. The third-order valence-electron chi connectivity index (χ3n) is 3.70. The molecule has 0 aliphatic heterocycles. The van der Waals surface area contributed by atoms with Crippen molar-refractivity contribution in [3.63, 3.8) is 0 Å². The summed E-state index contributed by atoms with van der Waals surface area (Å²) in [4.78, 5) is 18.8. The van der Waals surface area contributed by atoms with Gasteiger partial charge in [0.25, 0.3) is 5.91 Å². The maximum atomic E-state index is 12.2. The minimum absolute atomic E-state index is 0.178. The largest absolute Gasteiger partial charge is 0.385 e. The summed E-state index contributed by atoms with van der Waals surface area (Å²) in [6.45, 7) is 3.83. The third-order valence-corrected chi connectivity index (χ3v) is 3.93. The van der Waals surface area contributed by atoms with Crippen molar-refractivity contribution in [2.75, 3.05) is 11.9 Å². The van der Waals surface area contributed by atoms with Crippen molar-refractivity contribution in [2.24, 2.45) is 0 Å². The number of hydrogen-bond acceptors (Lipinski definition) is 4. The Labute approximate surface area is 144 Å². The Morgan fingerprint density at radius 2 is 2.17 bits per heavy atom. The monoisotopic (exact) mass is 344 g/mol. The molecule has 2 aromatic carbocycles. The van der Waals surface area contributed by atoms with E-state index in [4.69, 9.17) is 16.4 Å². The van der Waals surface area contributed by atoms with Crippen molar-refractivity contribution in [3.05, 3.63) is 52.5 Å². The van der Waals surface area contributed by atoms with E-state index in [-0.39, 0.29) is 12.5 Å². The second kappa shape index (κ2) is 6.88. The van der Waals surface area contributed by atoms with Crippen LogP contribution in [-0.4, -0.2) is 27.7 Å². The van der Waals surface area contributed by atoms with Gasteiger partial charge in [-0.1, -0.05) is 41.6 Å². The second-order valence-electron chi connectivity index (χ2n) is 5.38. The van der Waals surface area contributed by atoms with Gasteiger partial charge in [0.1, 0.15) is 11.0 Å². The van der Waals surface area contributed by atoms with Crippen molar-refractivity contribution in [1.82, 2.24) is 15.2 Å². The van der Waals surface area contributed by atoms with E-state index < -0.39 is 0 Å². The first kappa shape index (κ1) is 16.3. The van der Waals surface area contributed by atoms with Crippen molar-refractivity contribution in [3.8, 4) is 0 Å². The van der Waals surface area contributed by atoms with Crippen LogP contribution in [-0.2, 0) is 11.2 Å². The van der Waals surface area contributed by atoms with E-state index in [0.29, 0.717) is 16.1 Å². The number of aromatic nitrogens is 3. The number of nitrogens with zero attached hydrogens (tertiary/aromatic N) is 3. The average molecular weight is 345 g/mol. The maximum Gasteiger partial charge on any atom is 0.265 e. The molecule has 6 nitrogen and oxygen atoms in total. The highest BCUT2D eigenvalue weighted by atomic mass is 35.5. The second-order valence-corrected chi connectivity index (χ2v) is 5.82. The lowest BCUT2D eigenvalue weighted by molar-refractivity contribution is -0.121. The average Bonchev–Trinajstić information content (AvgIpc) is 2.97. The quantitative estimate of drug-likeness (QED) is 0.772. The summed E-state index contributed by atoms with van der Waals surface area (Å²) >= 11 is 5.96. The van der Waals surface area contributed by atoms with E-state index in [2.05, 4.69) is 15.6 Å². The number of carbonyl (C=O) groups excluding carboxylic acids is 1. The Kier molecular flexibility index (Phi) is 4.66. The lowest BCUT2D eigenvalue weighted by Crippen LogP contribution is -2.26. The van der Waals surface area contributed by atoms with Gasteiger partial charge in [0.15, 0.2) is 6.61 Å². The first-order chi connectivity index (χ1) is 11.6. The maximum absolute atomic E-state index is 12.2. The standard InChI is InChI=1S/C17H17ClN4O2/c1-3-12-6-4-5-11(2)17(12)19-16(23)10-24-22-15-9-13(18)7-8-14(15)20-21-22/h4-9H,3,10H2,1-2H3,(H,19,23). The molecule has 0 saturated heterocycles. The first-order valence-corrected chi connectivity index (χ1v) is 7.99. The molecule has 1 aromatic heterocycles. The minimum atomic E-state index is -0.260. The molecular weight excluding hydrogens is 328 g/mol. The Bertz CT molecular complexity index is 891. The van der Waals surface area contributed by atoms with Crippen LogP contribution in [0, 0.1) is 6.92 Å².